The summed E-state index contributed by atoms with van der Waals surface area (Å²) in [4.78, 5) is 0. The summed E-state index contributed by atoms with van der Waals surface area (Å²) in [5.41, 5.74) is 2.27. The Labute approximate surface area is 126 Å². The summed E-state index contributed by atoms with van der Waals surface area (Å²) >= 11 is 1.53. The summed E-state index contributed by atoms with van der Waals surface area (Å²) < 4.78 is 7.34. The van der Waals surface area contributed by atoms with Crippen LogP contribution in [0.1, 0.15) is 17.3 Å². The number of thioether (sulfide) groups is 1. The molecule has 0 N–H and O–H groups in total. The molecule has 0 amide bonds. The molecule has 0 unspecified atom stereocenters. The first kappa shape index (κ1) is 13.8. The minimum atomic E-state index is 0.573. The van der Waals surface area contributed by atoms with Crippen molar-refractivity contribution in [3.63, 3.8) is 0 Å². The molecule has 0 saturated carbocycles. The van der Waals surface area contributed by atoms with E-state index in [2.05, 4.69) is 39.5 Å². The Morgan fingerprint density at radius 3 is 2.62 bits per heavy atom. The third-order valence-corrected chi connectivity index (χ3v) is 4.12. The first-order valence-corrected chi connectivity index (χ1v) is 7.51. The molecule has 0 spiro atoms. The van der Waals surface area contributed by atoms with E-state index >= 15 is 0 Å². The molecule has 108 valence electrons. The maximum Gasteiger partial charge on any atom is 0.226 e. The predicted octanol–water partition coefficient (Wildman–Crippen LogP) is 2.77. The summed E-state index contributed by atoms with van der Waals surface area (Å²) in [7, 11) is 1.96. The van der Waals surface area contributed by atoms with Crippen molar-refractivity contribution in [3.05, 3.63) is 41.6 Å². The lowest BCUT2D eigenvalue weighted by molar-refractivity contribution is 0.485. The van der Waals surface area contributed by atoms with Crippen LogP contribution in [0.3, 0.4) is 0 Å². The minimum Gasteiger partial charge on any atom is -0.425 e. The molecule has 0 aliphatic heterocycles. The van der Waals surface area contributed by atoms with Crippen LogP contribution in [0.2, 0.25) is 0 Å². The van der Waals surface area contributed by atoms with Gasteiger partial charge in [0, 0.05) is 19.5 Å². The van der Waals surface area contributed by atoms with Gasteiger partial charge < -0.3 is 8.98 Å². The SMILES string of the molecule is Cc1nnc(CSc2nnc(-c3ccccc3C)n2C)o1. The van der Waals surface area contributed by atoms with Gasteiger partial charge in [0.25, 0.3) is 0 Å². The second kappa shape index (κ2) is 5.69. The van der Waals surface area contributed by atoms with Gasteiger partial charge in [-0.2, -0.15) is 0 Å². The van der Waals surface area contributed by atoms with Gasteiger partial charge in [-0.25, -0.2) is 0 Å². The zero-order valence-corrected chi connectivity index (χ0v) is 12.9. The summed E-state index contributed by atoms with van der Waals surface area (Å²) in [6.45, 7) is 3.85. The lowest BCUT2D eigenvalue weighted by Gasteiger charge is -2.05. The Morgan fingerprint density at radius 2 is 1.90 bits per heavy atom. The summed E-state index contributed by atoms with van der Waals surface area (Å²) in [5, 5.41) is 17.1. The smallest absolute Gasteiger partial charge is 0.226 e. The van der Waals surface area contributed by atoms with Crippen LogP contribution in [0.5, 0.6) is 0 Å². The van der Waals surface area contributed by atoms with E-state index in [0.717, 1.165) is 16.5 Å². The molecule has 0 fully saturated rings. The zero-order valence-electron chi connectivity index (χ0n) is 12.1. The number of rotatable bonds is 4. The van der Waals surface area contributed by atoms with E-state index in [-0.39, 0.29) is 0 Å². The van der Waals surface area contributed by atoms with E-state index in [1.807, 2.05) is 23.7 Å². The molecule has 0 saturated heterocycles. The van der Waals surface area contributed by atoms with Crippen LogP contribution in [0.15, 0.2) is 33.8 Å². The fraction of sp³-hybridized carbons (Fsp3) is 0.286. The maximum atomic E-state index is 5.36. The highest BCUT2D eigenvalue weighted by Crippen LogP contribution is 2.26. The molecule has 3 aromatic rings. The standard InChI is InChI=1S/C14H15N5OS/c1-9-6-4-5-7-11(9)13-17-18-14(19(13)3)21-8-12-16-15-10(2)20-12/h4-7H,8H2,1-3H3. The highest BCUT2D eigenvalue weighted by atomic mass is 32.2. The summed E-state index contributed by atoms with van der Waals surface area (Å²) in [6.07, 6.45) is 0. The van der Waals surface area contributed by atoms with Crippen LogP contribution in [-0.4, -0.2) is 25.0 Å². The first-order valence-electron chi connectivity index (χ1n) is 6.52. The molecule has 21 heavy (non-hydrogen) atoms. The van der Waals surface area contributed by atoms with Crippen molar-refractivity contribution in [2.75, 3.05) is 0 Å². The van der Waals surface area contributed by atoms with Crippen molar-refractivity contribution >= 4 is 11.8 Å². The second-order valence-corrected chi connectivity index (χ2v) is 5.63. The monoisotopic (exact) mass is 301 g/mol. The van der Waals surface area contributed by atoms with Crippen LogP contribution >= 0.6 is 11.8 Å². The van der Waals surface area contributed by atoms with E-state index in [9.17, 15) is 0 Å². The zero-order chi connectivity index (χ0) is 14.8. The van der Waals surface area contributed by atoms with Gasteiger partial charge in [-0.3, -0.25) is 0 Å². The predicted molar refractivity (Wildman–Crippen MR) is 79.8 cm³/mol. The normalized spacial score (nSPS) is 11.0. The highest BCUT2D eigenvalue weighted by Gasteiger charge is 2.14. The molecule has 0 radical (unpaired) electrons. The van der Waals surface area contributed by atoms with Crippen molar-refractivity contribution < 1.29 is 4.42 Å². The number of aromatic nitrogens is 5. The van der Waals surface area contributed by atoms with Gasteiger partial charge in [-0.1, -0.05) is 36.0 Å². The first-order chi connectivity index (χ1) is 10.1. The summed E-state index contributed by atoms with van der Waals surface area (Å²) in [6, 6.07) is 8.14. The van der Waals surface area contributed by atoms with E-state index < -0.39 is 0 Å². The maximum absolute atomic E-state index is 5.36. The van der Waals surface area contributed by atoms with Crippen LogP contribution in [-0.2, 0) is 12.8 Å². The summed E-state index contributed by atoms with van der Waals surface area (Å²) in [5.74, 6) is 2.61. The van der Waals surface area contributed by atoms with Crippen molar-refractivity contribution in [1.29, 1.82) is 0 Å². The fourth-order valence-corrected chi connectivity index (χ4v) is 2.77. The molecule has 0 aliphatic rings. The molecule has 2 heterocycles. The topological polar surface area (TPSA) is 69.6 Å². The Hall–Kier alpha value is -2.15. The van der Waals surface area contributed by atoms with Gasteiger partial charge in [0.15, 0.2) is 11.0 Å². The van der Waals surface area contributed by atoms with Crippen molar-refractivity contribution in [2.45, 2.75) is 24.8 Å². The fourth-order valence-electron chi connectivity index (χ4n) is 2.02. The minimum absolute atomic E-state index is 0.573. The van der Waals surface area contributed by atoms with Gasteiger partial charge in [0.2, 0.25) is 11.8 Å². The number of hydrogen-bond acceptors (Lipinski definition) is 6. The van der Waals surface area contributed by atoms with Gasteiger partial charge >= 0.3 is 0 Å². The molecule has 0 bridgehead atoms. The third kappa shape index (κ3) is 2.82. The average Bonchev–Trinajstić information content (AvgIpc) is 3.04. The Bertz CT molecular complexity index is 764. The average molecular weight is 301 g/mol. The van der Waals surface area contributed by atoms with Crippen molar-refractivity contribution in [3.8, 4) is 11.4 Å². The number of nitrogens with zero attached hydrogens (tertiary/aromatic N) is 5. The van der Waals surface area contributed by atoms with E-state index in [1.54, 1.807) is 6.92 Å². The van der Waals surface area contributed by atoms with E-state index in [4.69, 9.17) is 4.42 Å². The van der Waals surface area contributed by atoms with E-state index in [1.165, 1.54) is 17.3 Å². The van der Waals surface area contributed by atoms with Crippen LogP contribution in [0, 0.1) is 13.8 Å². The van der Waals surface area contributed by atoms with E-state index in [0.29, 0.717) is 17.5 Å². The molecule has 1 aromatic carbocycles. The lowest BCUT2D eigenvalue weighted by atomic mass is 10.1. The Kier molecular flexibility index (Phi) is 3.74. The number of benzene rings is 1. The molecule has 0 atom stereocenters. The van der Waals surface area contributed by atoms with Crippen molar-refractivity contribution in [1.82, 2.24) is 25.0 Å². The highest BCUT2D eigenvalue weighted by molar-refractivity contribution is 7.98. The van der Waals surface area contributed by atoms with Crippen LogP contribution in [0.25, 0.3) is 11.4 Å². The molecule has 7 heteroatoms. The second-order valence-electron chi connectivity index (χ2n) is 4.68. The molecule has 2 aromatic heterocycles. The number of aryl methyl sites for hydroxylation is 2. The molecule has 3 rings (SSSR count). The quantitative estimate of drug-likeness (QED) is 0.690. The molecular formula is C14H15N5OS. The van der Waals surface area contributed by atoms with Crippen LogP contribution in [0.4, 0.5) is 0 Å². The lowest BCUT2D eigenvalue weighted by Crippen LogP contribution is -1.96. The van der Waals surface area contributed by atoms with Gasteiger partial charge in [0.05, 0.1) is 5.75 Å². The molecule has 6 nitrogen and oxygen atoms in total. The number of hydrogen-bond donors (Lipinski definition) is 0. The van der Waals surface area contributed by atoms with Gasteiger partial charge in [-0.05, 0) is 12.5 Å². The van der Waals surface area contributed by atoms with Gasteiger partial charge in [-0.15, -0.1) is 20.4 Å². The largest absolute Gasteiger partial charge is 0.425 e. The van der Waals surface area contributed by atoms with Gasteiger partial charge in [0.1, 0.15) is 0 Å². The Morgan fingerprint density at radius 1 is 1.10 bits per heavy atom. The Balaban J connectivity index is 1.81. The third-order valence-electron chi connectivity index (χ3n) is 3.11. The molecule has 0 aliphatic carbocycles. The van der Waals surface area contributed by atoms with Crippen LogP contribution < -0.4 is 0 Å². The van der Waals surface area contributed by atoms with Crippen molar-refractivity contribution in [2.24, 2.45) is 7.05 Å². The molecular weight excluding hydrogens is 286 g/mol.